The van der Waals surface area contributed by atoms with Gasteiger partial charge in [0.15, 0.2) is 0 Å². The highest BCUT2D eigenvalue weighted by atomic mass is 16.6. The van der Waals surface area contributed by atoms with Crippen LogP contribution >= 0.6 is 0 Å². The number of hydrogen-bond donors (Lipinski definition) is 3. The number of nitrogens with one attached hydrogen (secondary N) is 2. The second kappa shape index (κ2) is 8.59. The van der Waals surface area contributed by atoms with Gasteiger partial charge in [0, 0.05) is 30.1 Å². The largest absolute Gasteiger partial charge is 0.393 e. The summed E-state index contributed by atoms with van der Waals surface area (Å²) in [4.78, 5) is 27.4. The third-order valence-corrected chi connectivity index (χ3v) is 4.67. The highest BCUT2D eigenvalue weighted by Crippen LogP contribution is 2.27. The van der Waals surface area contributed by atoms with E-state index >= 15 is 0 Å². The molecule has 1 aromatic heterocycles. The fourth-order valence-corrected chi connectivity index (χ4v) is 3.17. The topological polar surface area (TPSA) is 117 Å². The third kappa shape index (κ3) is 5.01. The van der Waals surface area contributed by atoms with Gasteiger partial charge in [-0.2, -0.15) is 0 Å². The Kier molecular flexibility index (Phi) is 5.97. The molecule has 0 radical (unpaired) electrons. The zero-order chi connectivity index (χ0) is 19.2. The summed E-state index contributed by atoms with van der Waals surface area (Å²) in [6.07, 6.45) is 4.33. The summed E-state index contributed by atoms with van der Waals surface area (Å²) in [5.41, 5.74) is 1.35. The fourth-order valence-electron chi connectivity index (χ4n) is 3.17. The number of aliphatic hydroxyl groups excluding tert-OH is 1. The van der Waals surface area contributed by atoms with Crippen LogP contribution in [-0.2, 0) is 6.54 Å². The van der Waals surface area contributed by atoms with Crippen LogP contribution in [0.2, 0.25) is 0 Å². The van der Waals surface area contributed by atoms with Gasteiger partial charge < -0.3 is 15.7 Å². The highest BCUT2D eigenvalue weighted by molar-refractivity contribution is 6.00. The van der Waals surface area contributed by atoms with E-state index in [2.05, 4.69) is 15.6 Å². The molecule has 3 N–H and O–H groups in total. The summed E-state index contributed by atoms with van der Waals surface area (Å²) < 4.78 is 0. The lowest BCUT2D eigenvalue weighted by Crippen LogP contribution is -2.30. The molecule has 0 bridgehead atoms. The van der Waals surface area contributed by atoms with Crippen LogP contribution in [0.3, 0.4) is 0 Å². The summed E-state index contributed by atoms with van der Waals surface area (Å²) in [5, 5.41) is 26.8. The van der Waals surface area contributed by atoms with Crippen molar-refractivity contribution in [2.24, 2.45) is 0 Å². The second-order valence-corrected chi connectivity index (χ2v) is 6.64. The predicted molar refractivity (Wildman–Crippen MR) is 100 cm³/mol. The van der Waals surface area contributed by atoms with Crippen LogP contribution in [0.25, 0.3) is 0 Å². The molecule has 142 valence electrons. The number of pyridine rings is 1. The number of rotatable bonds is 6. The molecule has 27 heavy (non-hydrogen) atoms. The Hall–Kier alpha value is -3.00. The summed E-state index contributed by atoms with van der Waals surface area (Å²) >= 11 is 0. The van der Waals surface area contributed by atoms with Gasteiger partial charge in [0.05, 0.1) is 28.8 Å². The summed E-state index contributed by atoms with van der Waals surface area (Å²) in [7, 11) is 0. The second-order valence-electron chi connectivity index (χ2n) is 6.64. The normalized spacial score (nSPS) is 19.3. The Bertz CT molecular complexity index is 805. The molecule has 3 rings (SSSR count). The van der Waals surface area contributed by atoms with E-state index in [0.717, 1.165) is 12.8 Å². The van der Waals surface area contributed by atoms with Crippen LogP contribution < -0.4 is 10.6 Å². The van der Waals surface area contributed by atoms with Crippen molar-refractivity contribution in [1.82, 2.24) is 10.3 Å². The molecule has 0 saturated heterocycles. The Morgan fingerprint density at radius 3 is 2.67 bits per heavy atom. The van der Waals surface area contributed by atoms with Crippen molar-refractivity contribution in [2.75, 3.05) is 5.32 Å². The van der Waals surface area contributed by atoms with Gasteiger partial charge in [-0.25, -0.2) is 0 Å². The number of nitro groups is 1. The molecule has 8 nitrogen and oxygen atoms in total. The van der Waals surface area contributed by atoms with Crippen molar-refractivity contribution in [3.8, 4) is 0 Å². The van der Waals surface area contributed by atoms with Crippen LogP contribution in [-0.4, -0.2) is 33.1 Å². The van der Waals surface area contributed by atoms with Gasteiger partial charge in [0.25, 0.3) is 11.6 Å². The van der Waals surface area contributed by atoms with Crippen molar-refractivity contribution < 1.29 is 14.8 Å². The zero-order valence-corrected chi connectivity index (χ0v) is 14.8. The van der Waals surface area contributed by atoms with Gasteiger partial charge >= 0.3 is 0 Å². The summed E-state index contributed by atoms with van der Waals surface area (Å²) in [6, 6.07) is 9.76. The van der Waals surface area contributed by atoms with Crippen LogP contribution in [0.15, 0.2) is 42.6 Å². The lowest BCUT2D eigenvalue weighted by Gasteiger charge is -2.27. The molecular weight excluding hydrogens is 348 g/mol. The molecule has 0 atom stereocenters. The smallest absolute Gasteiger partial charge is 0.270 e. The standard InChI is InChI=1S/C19H22N4O4/c24-16-7-4-13(5-8-16)22-18-9-6-15(23(26)27)11-17(18)19(25)21-12-14-3-1-2-10-20-14/h1-3,6,9-11,13,16,22,24H,4-5,7-8,12H2,(H,21,25). The number of amides is 1. The van der Waals surface area contributed by atoms with Crippen LogP contribution in [0.4, 0.5) is 11.4 Å². The van der Waals surface area contributed by atoms with Crippen molar-refractivity contribution in [3.05, 3.63) is 64.0 Å². The average Bonchev–Trinajstić information content (AvgIpc) is 2.69. The molecule has 1 aromatic carbocycles. The maximum Gasteiger partial charge on any atom is 0.270 e. The molecule has 1 saturated carbocycles. The summed E-state index contributed by atoms with van der Waals surface area (Å²) in [6.45, 7) is 0.234. The number of nitro benzene ring substituents is 1. The molecule has 1 amide bonds. The number of carbonyl (C=O) groups excluding carboxylic acids is 1. The molecule has 0 unspecified atom stereocenters. The van der Waals surface area contributed by atoms with E-state index in [1.54, 1.807) is 24.4 Å². The first-order valence-electron chi connectivity index (χ1n) is 8.94. The minimum Gasteiger partial charge on any atom is -0.393 e. The Labute approximate surface area is 156 Å². The highest BCUT2D eigenvalue weighted by Gasteiger charge is 2.22. The SMILES string of the molecule is O=C(NCc1ccccn1)c1cc([N+](=O)[O-])ccc1NC1CCC(O)CC1. The molecule has 2 aromatic rings. The van der Waals surface area contributed by atoms with E-state index in [1.165, 1.54) is 12.1 Å². The number of nitrogens with zero attached hydrogens (tertiary/aromatic N) is 2. The van der Waals surface area contributed by atoms with Crippen LogP contribution in [0.1, 0.15) is 41.7 Å². The van der Waals surface area contributed by atoms with E-state index < -0.39 is 10.8 Å². The first kappa shape index (κ1) is 18.8. The lowest BCUT2D eigenvalue weighted by atomic mass is 9.92. The minimum absolute atomic E-state index is 0.122. The number of hydrogen-bond acceptors (Lipinski definition) is 6. The number of aromatic nitrogens is 1. The molecular formula is C19H22N4O4. The van der Waals surface area contributed by atoms with E-state index in [0.29, 0.717) is 24.2 Å². The average molecular weight is 370 g/mol. The molecule has 0 aliphatic heterocycles. The third-order valence-electron chi connectivity index (χ3n) is 4.67. The van der Waals surface area contributed by atoms with E-state index in [9.17, 15) is 20.0 Å². The monoisotopic (exact) mass is 370 g/mol. The maximum atomic E-state index is 12.7. The van der Waals surface area contributed by atoms with Gasteiger partial charge in [-0.05, 0) is 43.9 Å². The van der Waals surface area contributed by atoms with Crippen molar-refractivity contribution in [2.45, 2.75) is 44.4 Å². The predicted octanol–water partition coefficient (Wildman–Crippen LogP) is 2.64. The fraction of sp³-hybridized carbons (Fsp3) is 0.368. The molecule has 1 aliphatic rings. The maximum absolute atomic E-state index is 12.7. The number of aliphatic hydroxyl groups is 1. The first-order valence-corrected chi connectivity index (χ1v) is 8.94. The van der Waals surface area contributed by atoms with Gasteiger partial charge in [-0.15, -0.1) is 0 Å². The van der Waals surface area contributed by atoms with E-state index in [-0.39, 0.29) is 29.9 Å². The number of carbonyl (C=O) groups is 1. The number of anilines is 1. The molecule has 0 spiro atoms. The van der Waals surface area contributed by atoms with Crippen molar-refractivity contribution in [1.29, 1.82) is 0 Å². The summed E-state index contributed by atoms with van der Waals surface area (Å²) in [5.74, 6) is -0.400. The van der Waals surface area contributed by atoms with Crippen molar-refractivity contribution in [3.63, 3.8) is 0 Å². The van der Waals surface area contributed by atoms with Crippen LogP contribution in [0.5, 0.6) is 0 Å². The first-order chi connectivity index (χ1) is 13.0. The Balaban J connectivity index is 1.76. The zero-order valence-electron chi connectivity index (χ0n) is 14.8. The van der Waals surface area contributed by atoms with Gasteiger partial charge in [-0.3, -0.25) is 19.9 Å². The van der Waals surface area contributed by atoms with Crippen LogP contribution in [0, 0.1) is 10.1 Å². The quantitative estimate of drug-likeness (QED) is 0.531. The van der Waals surface area contributed by atoms with Gasteiger partial charge in [0.2, 0.25) is 0 Å². The van der Waals surface area contributed by atoms with Crippen molar-refractivity contribution >= 4 is 17.3 Å². The minimum atomic E-state index is -0.518. The molecule has 1 fully saturated rings. The molecule has 8 heteroatoms. The van der Waals surface area contributed by atoms with Gasteiger partial charge in [0.1, 0.15) is 0 Å². The van der Waals surface area contributed by atoms with Gasteiger partial charge in [-0.1, -0.05) is 6.07 Å². The lowest BCUT2D eigenvalue weighted by molar-refractivity contribution is -0.384. The molecule has 1 aliphatic carbocycles. The Morgan fingerprint density at radius 1 is 1.22 bits per heavy atom. The number of benzene rings is 1. The van der Waals surface area contributed by atoms with E-state index in [1.807, 2.05) is 6.07 Å². The number of non-ortho nitro benzene ring substituents is 1. The molecule has 1 heterocycles. The van der Waals surface area contributed by atoms with E-state index in [4.69, 9.17) is 0 Å². The Morgan fingerprint density at radius 2 is 2.00 bits per heavy atom.